The number of hydrogen-bond acceptors (Lipinski definition) is 6. The Kier molecular flexibility index (Phi) is 8.13. The van der Waals surface area contributed by atoms with Crippen LogP contribution in [0.25, 0.3) is 10.9 Å². The van der Waals surface area contributed by atoms with Crippen LogP contribution >= 0.6 is 0 Å². The summed E-state index contributed by atoms with van der Waals surface area (Å²) in [6, 6.07) is 11.2. The summed E-state index contributed by atoms with van der Waals surface area (Å²) in [5.41, 5.74) is -1.38. The largest absolute Gasteiger partial charge is 0.493 e. The molecule has 0 fully saturated rings. The number of fused-ring (bicyclic) bond motifs is 1. The van der Waals surface area contributed by atoms with Gasteiger partial charge in [-0.1, -0.05) is 6.92 Å². The zero-order chi connectivity index (χ0) is 29.0. The van der Waals surface area contributed by atoms with Gasteiger partial charge in [0.15, 0.2) is 28.9 Å². The van der Waals surface area contributed by atoms with E-state index in [0.29, 0.717) is 22.4 Å². The molecule has 4 aromatic rings. The van der Waals surface area contributed by atoms with Gasteiger partial charge in [-0.3, -0.25) is 14.6 Å². The van der Waals surface area contributed by atoms with Crippen LogP contribution in [0.4, 0.5) is 24.5 Å². The van der Waals surface area contributed by atoms with Gasteiger partial charge in [0.05, 0.1) is 25.4 Å². The summed E-state index contributed by atoms with van der Waals surface area (Å²) in [5, 5.41) is 5.30. The van der Waals surface area contributed by atoms with Gasteiger partial charge in [0.2, 0.25) is 11.8 Å². The Labute approximate surface area is 228 Å². The van der Waals surface area contributed by atoms with Gasteiger partial charge in [-0.2, -0.15) is 0 Å². The topological polar surface area (TPSA) is 98.8 Å². The number of nitrogens with one attached hydrogen (secondary N) is 2. The van der Waals surface area contributed by atoms with Gasteiger partial charge in [-0.15, -0.1) is 0 Å². The minimum Gasteiger partial charge on any atom is -0.493 e. The number of halogens is 3. The molecule has 0 radical (unpaired) electrons. The van der Waals surface area contributed by atoms with Gasteiger partial charge in [-0.25, -0.2) is 13.2 Å². The highest BCUT2D eigenvalue weighted by atomic mass is 19.1. The van der Waals surface area contributed by atoms with Crippen LogP contribution in [0, 0.1) is 22.9 Å². The fourth-order valence-corrected chi connectivity index (χ4v) is 3.84. The van der Waals surface area contributed by atoms with Gasteiger partial charge in [0.1, 0.15) is 17.0 Å². The number of aromatic nitrogens is 1. The quantitative estimate of drug-likeness (QED) is 0.231. The molecule has 11 heteroatoms. The minimum absolute atomic E-state index is 0.0422. The van der Waals surface area contributed by atoms with Gasteiger partial charge >= 0.3 is 0 Å². The first-order chi connectivity index (χ1) is 19.1. The molecule has 1 atom stereocenters. The lowest BCUT2D eigenvalue weighted by atomic mass is 9.85. The van der Waals surface area contributed by atoms with Crippen molar-refractivity contribution in [2.45, 2.75) is 20.3 Å². The van der Waals surface area contributed by atoms with E-state index in [1.807, 2.05) is 0 Å². The van der Waals surface area contributed by atoms with Crippen molar-refractivity contribution in [3.63, 3.8) is 0 Å². The first-order valence-corrected chi connectivity index (χ1v) is 12.2. The number of ether oxygens (including phenoxy) is 3. The maximum Gasteiger partial charge on any atom is 0.239 e. The maximum absolute atomic E-state index is 15.1. The molecule has 1 aromatic heterocycles. The molecule has 1 unspecified atom stereocenters. The summed E-state index contributed by atoms with van der Waals surface area (Å²) in [6.45, 7) is 2.96. The summed E-state index contributed by atoms with van der Waals surface area (Å²) in [5.74, 6) is -3.43. The highest BCUT2D eigenvalue weighted by molar-refractivity contribution is 6.14. The Morgan fingerprint density at radius 3 is 2.12 bits per heavy atom. The number of anilines is 2. The molecule has 8 nitrogen and oxygen atoms in total. The molecule has 0 bridgehead atoms. The number of benzene rings is 3. The number of carbonyl (C=O) groups excluding carboxylic acids is 2. The zero-order valence-electron chi connectivity index (χ0n) is 22.1. The van der Waals surface area contributed by atoms with Crippen molar-refractivity contribution in [3.05, 3.63) is 78.2 Å². The third kappa shape index (κ3) is 5.63. The second-order valence-electron chi connectivity index (χ2n) is 9.00. The number of pyridine rings is 1. The molecule has 0 saturated carbocycles. The van der Waals surface area contributed by atoms with Crippen LogP contribution in [0.3, 0.4) is 0 Å². The molecule has 4 rings (SSSR count). The van der Waals surface area contributed by atoms with Crippen molar-refractivity contribution in [1.82, 2.24) is 4.98 Å². The van der Waals surface area contributed by atoms with Gasteiger partial charge < -0.3 is 24.8 Å². The lowest BCUT2D eigenvalue weighted by Crippen LogP contribution is -2.43. The normalized spacial score (nSPS) is 12.4. The van der Waals surface area contributed by atoms with Crippen molar-refractivity contribution >= 4 is 34.1 Å². The molecule has 2 amide bonds. The molecule has 0 aliphatic rings. The lowest BCUT2D eigenvalue weighted by molar-refractivity contribution is -0.136. The lowest BCUT2D eigenvalue weighted by Gasteiger charge is -2.26. The molecule has 0 spiro atoms. The predicted octanol–water partition coefficient (Wildman–Crippen LogP) is 6.46. The van der Waals surface area contributed by atoms with Crippen LogP contribution in [0.1, 0.15) is 20.3 Å². The van der Waals surface area contributed by atoms with Gasteiger partial charge in [-0.05, 0) is 49.7 Å². The number of methoxy groups -OCH3 is 2. The molecule has 1 heterocycles. The average molecular weight is 554 g/mol. The van der Waals surface area contributed by atoms with Crippen LogP contribution in [-0.4, -0.2) is 31.0 Å². The van der Waals surface area contributed by atoms with Gasteiger partial charge in [0, 0.05) is 35.5 Å². The number of hydrogen-bond donors (Lipinski definition) is 2. The molecular weight excluding hydrogens is 527 g/mol. The summed E-state index contributed by atoms with van der Waals surface area (Å²) in [7, 11) is 2.93. The third-order valence-corrected chi connectivity index (χ3v) is 6.51. The molecule has 0 saturated heterocycles. The minimum atomic E-state index is -1.65. The average Bonchev–Trinajstić information content (AvgIpc) is 2.95. The van der Waals surface area contributed by atoms with E-state index in [1.165, 1.54) is 45.5 Å². The van der Waals surface area contributed by atoms with E-state index in [9.17, 15) is 14.0 Å². The molecule has 40 heavy (non-hydrogen) atoms. The van der Waals surface area contributed by atoms with Crippen LogP contribution in [-0.2, 0) is 9.59 Å². The molecular formula is C29H26F3N3O5. The van der Waals surface area contributed by atoms with Crippen molar-refractivity contribution in [3.8, 4) is 23.0 Å². The summed E-state index contributed by atoms with van der Waals surface area (Å²) in [4.78, 5) is 30.2. The summed E-state index contributed by atoms with van der Waals surface area (Å²) >= 11 is 0. The predicted molar refractivity (Wildman–Crippen MR) is 143 cm³/mol. The second kappa shape index (κ2) is 11.5. The van der Waals surface area contributed by atoms with Crippen LogP contribution < -0.4 is 24.8 Å². The van der Waals surface area contributed by atoms with E-state index >= 15 is 8.78 Å². The van der Waals surface area contributed by atoms with Crippen molar-refractivity contribution in [2.75, 3.05) is 24.9 Å². The van der Waals surface area contributed by atoms with Crippen LogP contribution in [0.2, 0.25) is 0 Å². The van der Waals surface area contributed by atoms with Crippen molar-refractivity contribution in [2.24, 2.45) is 5.41 Å². The Morgan fingerprint density at radius 2 is 1.48 bits per heavy atom. The second-order valence-corrected chi connectivity index (χ2v) is 9.00. The fraction of sp³-hybridized carbons (Fsp3) is 0.207. The van der Waals surface area contributed by atoms with E-state index in [2.05, 4.69) is 15.6 Å². The maximum atomic E-state index is 15.1. The fourth-order valence-electron chi connectivity index (χ4n) is 3.84. The standard InChI is InChI=1S/C29H26F3N3O5/c1-5-29(2,27(36)34-17-8-6-16(30)7-9-17)28(37)35-22-13-20(32)24(14-19(22)31)40-23-10-11-33-21-15-26(39-4)25(38-3)12-18(21)23/h6-15H,5H2,1-4H3,(H,34,36)(H,35,37). The van der Waals surface area contributed by atoms with E-state index in [4.69, 9.17) is 14.2 Å². The molecule has 2 N–H and O–H groups in total. The summed E-state index contributed by atoms with van der Waals surface area (Å²) < 4.78 is 59.6. The number of nitrogens with zero attached hydrogens (tertiary/aromatic N) is 1. The number of amides is 2. The molecule has 0 aliphatic heterocycles. The van der Waals surface area contributed by atoms with Crippen molar-refractivity contribution in [1.29, 1.82) is 0 Å². The van der Waals surface area contributed by atoms with E-state index < -0.39 is 46.1 Å². The highest BCUT2D eigenvalue weighted by Gasteiger charge is 2.40. The van der Waals surface area contributed by atoms with Crippen LogP contribution in [0.5, 0.6) is 23.0 Å². The van der Waals surface area contributed by atoms with E-state index in [1.54, 1.807) is 19.1 Å². The molecule has 208 valence electrons. The Balaban J connectivity index is 1.57. The van der Waals surface area contributed by atoms with Crippen LogP contribution in [0.15, 0.2) is 60.8 Å². The Bertz CT molecular complexity index is 1580. The summed E-state index contributed by atoms with van der Waals surface area (Å²) in [6.07, 6.45) is 1.48. The van der Waals surface area contributed by atoms with Gasteiger partial charge in [0.25, 0.3) is 0 Å². The first kappa shape index (κ1) is 28.2. The smallest absolute Gasteiger partial charge is 0.239 e. The first-order valence-electron chi connectivity index (χ1n) is 12.2. The van der Waals surface area contributed by atoms with E-state index in [-0.39, 0.29) is 17.9 Å². The monoisotopic (exact) mass is 553 g/mol. The SMILES string of the molecule is CCC(C)(C(=O)Nc1ccc(F)cc1)C(=O)Nc1cc(F)c(Oc2ccnc3cc(OC)c(OC)cc23)cc1F. The van der Waals surface area contributed by atoms with Crippen molar-refractivity contribution < 1.29 is 37.0 Å². The third-order valence-electron chi connectivity index (χ3n) is 6.51. The highest BCUT2D eigenvalue weighted by Crippen LogP contribution is 2.38. The van der Waals surface area contributed by atoms with E-state index in [0.717, 1.165) is 24.3 Å². The Hall–Kier alpha value is -4.80. The number of rotatable bonds is 9. The molecule has 3 aromatic carbocycles. The zero-order valence-corrected chi connectivity index (χ0v) is 22.1. The Morgan fingerprint density at radius 1 is 0.825 bits per heavy atom. The molecule has 0 aliphatic carbocycles. The number of carbonyl (C=O) groups is 2.